The Morgan fingerprint density at radius 3 is 2.13 bits per heavy atom. The van der Waals surface area contributed by atoms with Crippen LogP contribution in [0.15, 0.2) is 99.9 Å². The summed E-state index contributed by atoms with van der Waals surface area (Å²) in [6, 6.07) is 28.8. The smallest absolute Gasteiger partial charge is 0.247 e. The summed E-state index contributed by atoms with van der Waals surface area (Å²) in [6.07, 6.45) is 3.30. The highest BCUT2D eigenvalue weighted by atomic mass is 79.9. The molecule has 3 aromatic carbocycles. The van der Waals surface area contributed by atoms with Crippen LogP contribution in [0.25, 0.3) is 17.0 Å². The minimum Gasteiger partial charge on any atom is -0.419 e. The Labute approximate surface area is 190 Å². The highest BCUT2D eigenvalue weighted by Crippen LogP contribution is 2.34. The first-order valence-electron chi connectivity index (χ1n) is 10.4. The van der Waals surface area contributed by atoms with Gasteiger partial charge in [-0.05, 0) is 47.4 Å². The predicted octanol–water partition coefficient (Wildman–Crippen LogP) is 6.38. The molecule has 4 nitrogen and oxygen atoms in total. The van der Waals surface area contributed by atoms with Crippen LogP contribution in [-0.2, 0) is 0 Å². The van der Waals surface area contributed by atoms with Crippen LogP contribution in [0.5, 0.6) is 0 Å². The number of halogens is 1. The fourth-order valence-corrected chi connectivity index (χ4v) is 4.30. The van der Waals surface area contributed by atoms with Gasteiger partial charge >= 0.3 is 0 Å². The zero-order valence-electron chi connectivity index (χ0n) is 17.0. The molecule has 5 heteroatoms. The van der Waals surface area contributed by atoms with Crippen molar-refractivity contribution < 1.29 is 4.42 Å². The Bertz CT molecular complexity index is 1170. The fraction of sp³-hybridized carbons (Fsp3) is 0.154. The molecule has 0 N–H and O–H groups in total. The van der Waals surface area contributed by atoms with Gasteiger partial charge in [-0.1, -0.05) is 82.7 Å². The van der Waals surface area contributed by atoms with E-state index in [1.54, 1.807) is 0 Å². The van der Waals surface area contributed by atoms with Crippen molar-refractivity contribution in [3.63, 3.8) is 0 Å². The molecular formula is C26H22BrN3O. The summed E-state index contributed by atoms with van der Waals surface area (Å²) in [5, 5.41) is 8.79. The first-order valence-corrected chi connectivity index (χ1v) is 11.2. The average Bonchev–Trinajstić information content (AvgIpc) is 3.32. The molecule has 2 heterocycles. The van der Waals surface area contributed by atoms with Gasteiger partial charge in [0.05, 0.1) is 0 Å². The predicted molar refractivity (Wildman–Crippen MR) is 126 cm³/mol. The lowest BCUT2D eigenvalue weighted by molar-refractivity contribution is 0.218. The summed E-state index contributed by atoms with van der Waals surface area (Å²) >= 11 is 3.54. The minimum atomic E-state index is -0.0911. The van der Waals surface area contributed by atoms with E-state index < -0.39 is 0 Å². The van der Waals surface area contributed by atoms with Gasteiger partial charge in [0.25, 0.3) is 0 Å². The van der Waals surface area contributed by atoms with Crippen molar-refractivity contribution in [2.45, 2.75) is 12.5 Å². The van der Waals surface area contributed by atoms with Crippen LogP contribution >= 0.6 is 15.9 Å². The van der Waals surface area contributed by atoms with Gasteiger partial charge in [-0.15, -0.1) is 10.2 Å². The van der Waals surface area contributed by atoms with Crippen molar-refractivity contribution in [2.75, 3.05) is 13.1 Å². The molecule has 0 amide bonds. The second-order valence-electron chi connectivity index (χ2n) is 7.61. The molecule has 154 valence electrons. The van der Waals surface area contributed by atoms with Crippen molar-refractivity contribution >= 4 is 21.5 Å². The standard InChI is InChI=1S/C26H22BrN3O/c27-23-13-11-21(12-14-23)24(26-29-28-25(31-26)22-9-5-2-6-10-22)30-17-15-20(16-18-30)19-7-3-1-4-8-19/h1-15,24H,16-18H2/t24-/m0/s1. The quantitative estimate of drug-likeness (QED) is 0.338. The lowest BCUT2D eigenvalue weighted by Gasteiger charge is -2.32. The molecule has 4 aromatic rings. The van der Waals surface area contributed by atoms with E-state index in [1.165, 1.54) is 11.1 Å². The molecule has 1 aromatic heterocycles. The molecule has 0 aliphatic carbocycles. The van der Waals surface area contributed by atoms with Gasteiger partial charge in [0, 0.05) is 23.1 Å². The van der Waals surface area contributed by atoms with Gasteiger partial charge in [-0.2, -0.15) is 0 Å². The average molecular weight is 472 g/mol. The summed E-state index contributed by atoms with van der Waals surface area (Å²) < 4.78 is 7.24. The van der Waals surface area contributed by atoms with E-state index in [1.807, 2.05) is 30.3 Å². The number of rotatable bonds is 5. The normalized spacial score (nSPS) is 15.5. The molecule has 0 fully saturated rings. The zero-order chi connectivity index (χ0) is 21.0. The number of nitrogens with zero attached hydrogens (tertiary/aromatic N) is 3. The number of benzene rings is 3. The van der Waals surface area contributed by atoms with Crippen LogP contribution in [0.2, 0.25) is 0 Å². The number of hydrogen-bond acceptors (Lipinski definition) is 4. The third kappa shape index (κ3) is 4.38. The molecule has 0 spiro atoms. The lowest BCUT2D eigenvalue weighted by Crippen LogP contribution is -2.33. The first kappa shape index (κ1) is 19.9. The van der Waals surface area contributed by atoms with E-state index in [2.05, 4.69) is 91.7 Å². The number of hydrogen-bond donors (Lipinski definition) is 0. The maximum Gasteiger partial charge on any atom is 0.247 e. The third-order valence-electron chi connectivity index (χ3n) is 5.63. The Morgan fingerprint density at radius 2 is 1.48 bits per heavy atom. The molecule has 1 atom stereocenters. The van der Waals surface area contributed by atoms with E-state index in [0.29, 0.717) is 11.8 Å². The Hall–Kier alpha value is -3.02. The van der Waals surface area contributed by atoms with Crippen LogP contribution < -0.4 is 0 Å². The maximum absolute atomic E-state index is 6.18. The van der Waals surface area contributed by atoms with Crippen molar-refractivity contribution in [3.8, 4) is 11.5 Å². The molecule has 5 rings (SSSR count). The molecule has 31 heavy (non-hydrogen) atoms. The summed E-state index contributed by atoms with van der Waals surface area (Å²) in [6.45, 7) is 1.75. The minimum absolute atomic E-state index is 0.0911. The van der Waals surface area contributed by atoms with Gasteiger partial charge in [-0.25, -0.2) is 0 Å². The van der Waals surface area contributed by atoms with Crippen molar-refractivity contribution in [1.82, 2.24) is 15.1 Å². The zero-order valence-corrected chi connectivity index (χ0v) is 18.6. The summed E-state index contributed by atoms with van der Waals surface area (Å²) in [5.74, 6) is 1.17. The highest BCUT2D eigenvalue weighted by molar-refractivity contribution is 9.10. The first-order chi connectivity index (χ1) is 15.3. The van der Waals surface area contributed by atoms with E-state index in [-0.39, 0.29) is 6.04 Å². The number of aromatic nitrogens is 2. The van der Waals surface area contributed by atoms with Gasteiger partial charge < -0.3 is 4.42 Å². The van der Waals surface area contributed by atoms with Crippen LogP contribution in [0.1, 0.15) is 29.5 Å². The Morgan fingerprint density at radius 1 is 0.806 bits per heavy atom. The Balaban J connectivity index is 1.47. The molecule has 0 unspecified atom stereocenters. The second kappa shape index (κ2) is 9.00. The van der Waals surface area contributed by atoms with E-state index in [9.17, 15) is 0 Å². The lowest BCUT2D eigenvalue weighted by atomic mass is 9.97. The van der Waals surface area contributed by atoms with E-state index >= 15 is 0 Å². The van der Waals surface area contributed by atoms with Crippen molar-refractivity contribution in [2.24, 2.45) is 0 Å². The topological polar surface area (TPSA) is 42.2 Å². The van der Waals surface area contributed by atoms with Crippen LogP contribution in [0.3, 0.4) is 0 Å². The molecule has 0 bridgehead atoms. The molecule has 1 aliphatic rings. The molecule has 1 aliphatic heterocycles. The van der Waals surface area contributed by atoms with Crippen molar-refractivity contribution in [1.29, 1.82) is 0 Å². The summed E-state index contributed by atoms with van der Waals surface area (Å²) in [7, 11) is 0. The molecule has 0 saturated carbocycles. The van der Waals surface area contributed by atoms with Gasteiger partial charge in [0.15, 0.2) is 0 Å². The summed E-state index contributed by atoms with van der Waals surface area (Å²) in [5.41, 5.74) is 4.76. The third-order valence-corrected chi connectivity index (χ3v) is 6.16. The van der Waals surface area contributed by atoms with Crippen LogP contribution in [0.4, 0.5) is 0 Å². The van der Waals surface area contributed by atoms with Gasteiger partial charge in [0.1, 0.15) is 6.04 Å². The van der Waals surface area contributed by atoms with Gasteiger partial charge in [0.2, 0.25) is 11.8 Å². The van der Waals surface area contributed by atoms with E-state index in [4.69, 9.17) is 4.42 Å². The van der Waals surface area contributed by atoms with E-state index in [0.717, 1.165) is 35.1 Å². The van der Waals surface area contributed by atoms with Crippen molar-refractivity contribution in [3.05, 3.63) is 112 Å². The second-order valence-corrected chi connectivity index (χ2v) is 8.52. The van der Waals surface area contributed by atoms with Crippen LogP contribution in [-0.4, -0.2) is 28.2 Å². The SMILES string of the molecule is Brc1ccc([C@@H](c2nnc(-c3ccccc3)o2)N2CC=C(c3ccccc3)CC2)cc1. The van der Waals surface area contributed by atoms with Crippen LogP contribution in [0, 0.1) is 0 Å². The monoisotopic (exact) mass is 471 g/mol. The molecular weight excluding hydrogens is 450 g/mol. The molecule has 0 radical (unpaired) electrons. The Kier molecular flexibility index (Phi) is 5.78. The largest absolute Gasteiger partial charge is 0.419 e. The molecule has 0 saturated heterocycles. The highest BCUT2D eigenvalue weighted by Gasteiger charge is 2.29. The summed E-state index contributed by atoms with van der Waals surface area (Å²) in [4.78, 5) is 2.40. The van der Waals surface area contributed by atoms with Gasteiger partial charge in [-0.3, -0.25) is 4.90 Å². The fourth-order valence-electron chi connectivity index (χ4n) is 4.03. The maximum atomic E-state index is 6.18.